The van der Waals surface area contributed by atoms with Gasteiger partial charge < -0.3 is 10.3 Å². The highest BCUT2D eigenvalue weighted by Crippen LogP contribution is 2.39. The van der Waals surface area contributed by atoms with Gasteiger partial charge in [-0.3, -0.25) is 14.9 Å². The number of benzene rings is 2. The minimum Gasteiger partial charge on any atom is -0.338 e. The zero-order valence-corrected chi connectivity index (χ0v) is 13.8. The third kappa shape index (κ3) is 2.53. The maximum absolute atomic E-state index is 11.9. The van der Waals surface area contributed by atoms with E-state index in [1.54, 1.807) is 12.1 Å². The van der Waals surface area contributed by atoms with Crippen LogP contribution in [-0.4, -0.2) is 20.8 Å². The summed E-state index contributed by atoms with van der Waals surface area (Å²) in [4.78, 5) is 30.1. The van der Waals surface area contributed by atoms with E-state index in [9.17, 15) is 14.9 Å². The molecule has 0 fully saturated rings. The van der Waals surface area contributed by atoms with Crippen LogP contribution in [0.4, 0.5) is 11.4 Å². The average molecular weight is 336 g/mol. The van der Waals surface area contributed by atoms with E-state index in [0.717, 1.165) is 27.8 Å². The monoisotopic (exact) mass is 336 g/mol. The molecular formula is C18H16N4O3. The van der Waals surface area contributed by atoms with Crippen LogP contribution >= 0.6 is 0 Å². The Morgan fingerprint density at radius 2 is 1.92 bits per heavy atom. The van der Waals surface area contributed by atoms with Gasteiger partial charge in [0.05, 0.1) is 16.0 Å². The SMILES string of the molecule is CC1(C)CC(=O)Nc2cc3nc(-c4ccc([N+](=O)[O-])cc4)[nH]c3cc21. The molecule has 0 atom stereocenters. The standard InChI is InChI=1S/C18H16N4O3/c1-18(2)9-16(23)19-13-8-15-14(7-12(13)18)20-17(21-15)10-3-5-11(6-4-10)22(24)25/h3-8H,9H2,1-2H3,(H,19,23)(H,20,21). The van der Waals surface area contributed by atoms with Crippen molar-refractivity contribution in [1.82, 2.24) is 9.97 Å². The number of amides is 1. The number of imidazole rings is 1. The number of fused-ring (bicyclic) bond motifs is 2. The molecule has 0 radical (unpaired) electrons. The van der Waals surface area contributed by atoms with Crippen molar-refractivity contribution < 1.29 is 9.72 Å². The first-order chi connectivity index (χ1) is 11.8. The second-order valence-electron chi connectivity index (χ2n) is 6.91. The number of nitrogens with zero attached hydrogens (tertiary/aromatic N) is 2. The fourth-order valence-electron chi connectivity index (χ4n) is 3.29. The van der Waals surface area contributed by atoms with Crippen molar-refractivity contribution in [1.29, 1.82) is 0 Å². The summed E-state index contributed by atoms with van der Waals surface area (Å²) in [5, 5.41) is 13.7. The molecule has 0 aliphatic carbocycles. The van der Waals surface area contributed by atoms with E-state index in [1.807, 2.05) is 26.0 Å². The minimum atomic E-state index is -0.429. The molecule has 0 saturated heterocycles. The van der Waals surface area contributed by atoms with Crippen LogP contribution in [0.1, 0.15) is 25.8 Å². The smallest absolute Gasteiger partial charge is 0.269 e. The Labute approximate surface area is 143 Å². The summed E-state index contributed by atoms with van der Waals surface area (Å²) in [6, 6.07) is 10.1. The number of H-pyrrole nitrogens is 1. The second kappa shape index (κ2) is 5.14. The van der Waals surface area contributed by atoms with Gasteiger partial charge in [-0.25, -0.2) is 4.98 Å². The summed E-state index contributed by atoms with van der Waals surface area (Å²) < 4.78 is 0. The molecule has 1 amide bonds. The molecule has 4 rings (SSSR count). The fraction of sp³-hybridized carbons (Fsp3) is 0.222. The molecule has 126 valence electrons. The van der Waals surface area contributed by atoms with E-state index >= 15 is 0 Å². The number of hydrogen-bond acceptors (Lipinski definition) is 4. The lowest BCUT2D eigenvalue weighted by Gasteiger charge is -2.31. The van der Waals surface area contributed by atoms with Gasteiger partial charge in [-0.05, 0) is 29.8 Å². The number of nitro benzene ring substituents is 1. The third-order valence-corrected chi connectivity index (χ3v) is 4.58. The molecule has 0 saturated carbocycles. The van der Waals surface area contributed by atoms with Crippen LogP contribution in [0.15, 0.2) is 36.4 Å². The van der Waals surface area contributed by atoms with Gasteiger partial charge in [0.1, 0.15) is 5.82 Å². The number of aromatic nitrogens is 2. The van der Waals surface area contributed by atoms with Crippen molar-refractivity contribution in [2.75, 3.05) is 5.32 Å². The molecule has 2 heterocycles. The maximum atomic E-state index is 11.9. The van der Waals surface area contributed by atoms with Crippen LogP contribution in [-0.2, 0) is 10.2 Å². The van der Waals surface area contributed by atoms with E-state index < -0.39 is 4.92 Å². The van der Waals surface area contributed by atoms with Crippen molar-refractivity contribution in [3.63, 3.8) is 0 Å². The first-order valence-corrected chi connectivity index (χ1v) is 7.92. The van der Waals surface area contributed by atoms with Gasteiger partial charge >= 0.3 is 0 Å². The largest absolute Gasteiger partial charge is 0.338 e. The zero-order valence-electron chi connectivity index (χ0n) is 13.8. The van der Waals surface area contributed by atoms with Gasteiger partial charge in [0.15, 0.2) is 0 Å². The Kier molecular flexibility index (Phi) is 3.15. The third-order valence-electron chi connectivity index (χ3n) is 4.58. The number of rotatable bonds is 2. The Morgan fingerprint density at radius 1 is 1.20 bits per heavy atom. The van der Waals surface area contributed by atoms with Crippen LogP contribution in [0, 0.1) is 10.1 Å². The lowest BCUT2D eigenvalue weighted by atomic mass is 9.78. The number of carbonyl (C=O) groups excluding carboxylic acids is 1. The van der Waals surface area contributed by atoms with Gasteiger partial charge in [0.2, 0.25) is 5.91 Å². The van der Waals surface area contributed by atoms with Crippen molar-refractivity contribution in [3.8, 4) is 11.4 Å². The minimum absolute atomic E-state index is 0.00276. The number of nitrogens with one attached hydrogen (secondary N) is 2. The molecule has 7 nitrogen and oxygen atoms in total. The van der Waals surface area contributed by atoms with Gasteiger partial charge in [-0.1, -0.05) is 13.8 Å². The van der Waals surface area contributed by atoms with E-state index in [1.165, 1.54) is 12.1 Å². The fourth-order valence-corrected chi connectivity index (χ4v) is 3.29. The van der Waals surface area contributed by atoms with Crippen molar-refractivity contribution in [2.45, 2.75) is 25.7 Å². The molecule has 2 aromatic carbocycles. The van der Waals surface area contributed by atoms with Gasteiger partial charge in [-0.2, -0.15) is 0 Å². The van der Waals surface area contributed by atoms with Crippen LogP contribution in [0.5, 0.6) is 0 Å². The number of hydrogen-bond donors (Lipinski definition) is 2. The molecule has 1 aliphatic heterocycles. The van der Waals surface area contributed by atoms with Gasteiger partial charge in [0.25, 0.3) is 5.69 Å². The van der Waals surface area contributed by atoms with E-state index in [4.69, 9.17) is 0 Å². The molecule has 2 N–H and O–H groups in total. The molecule has 25 heavy (non-hydrogen) atoms. The molecule has 1 aromatic heterocycles. The number of anilines is 1. The highest BCUT2D eigenvalue weighted by molar-refractivity contribution is 5.98. The number of non-ortho nitro benzene ring substituents is 1. The summed E-state index contributed by atoms with van der Waals surface area (Å²) in [5.74, 6) is 0.638. The summed E-state index contributed by atoms with van der Waals surface area (Å²) >= 11 is 0. The summed E-state index contributed by atoms with van der Waals surface area (Å²) in [6.07, 6.45) is 0.439. The Balaban J connectivity index is 1.81. The second-order valence-corrected chi connectivity index (χ2v) is 6.91. The molecule has 0 spiro atoms. The Hall–Kier alpha value is -3.22. The Morgan fingerprint density at radius 3 is 2.60 bits per heavy atom. The highest BCUT2D eigenvalue weighted by Gasteiger charge is 2.32. The molecule has 3 aromatic rings. The van der Waals surface area contributed by atoms with E-state index in [-0.39, 0.29) is 17.0 Å². The molecule has 1 aliphatic rings. The van der Waals surface area contributed by atoms with Crippen LogP contribution in [0.2, 0.25) is 0 Å². The highest BCUT2D eigenvalue weighted by atomic mass is 16.6. The molecule has 7 heteroatoms. The molecule has 0 unspecified atom stereocenters. The lowest BCUT2D eigenvalue weighted by molar-refractivity contribution is -0.384. The van der Waals surface area contributed by atoms with E-state index in [0.29, 0.717) is 12.2 Å². The first-order valence-electron chi connectivity index (χ1n) is 7.92. The molecule has 0 bridgehead atoms. The van der Waals surface area contributed by atoms with Crippen LogP contribution < -0.4 is 5.32 Å². The summed E-state index contributed by atoms with van der Waals surface area (Å²) in [7, 11) is 0. The predicted octanol–water partition coefficient (Wildman–Crippen LogP) is 3.76. The zero-order chi connectivity index (χ0) is 17.8. The van der Waals surface area contributed by atoms with Gasteiger partial charge in [-0.15, -0.1) is 0 Å². The normalized spacial score (nSPS) is 15.7. The van der Waals surface area contributed by atoms with Crippen molar-refractivity contribution in [3.05, 3.63) is 52.1 Å². The Bertz CT molecular complexity index is 1020. The number of aromatic amines is 1. The lowest BCUT2D eigenvalue weighted by Crippen LogP contribution is -2.32. The number of nitro groups is 1. The van der Waals surface area contributed by atoms with Gasteiger partial charge in [0, 0.05) is 35.2 Å². The molecular weight excluding hydrogens is 320 g/mol. The summed E-state index contributed by atoms with van der Waals surface area (Å²) in [6.45, 7) is 4.09. The van der Waals surface area contributed by atoms with E-state index in [2.05, 4.69) is 15.3 Å². The van der Waals surface area contributed by atoms with Crippen molar-refractivity contribution >= 4 is 28.3 Å². The number of carbonyl (C=O) groups is 1. The summed E-state index contributed by atoms with van der Waals surface area (Å²) in [5.41, 5.74) is 4.03. The quantitative estimate of drug-likeness (QED) is 0.549. The maximum Gasteiger partial charge on any atom is 0.269 e. The van der Waals surface area contributed by atoms with Crippen LogP contribution in [0.25, 0.3) is 22.4 Å². The predicted molar refractivity (Wildman–Crippen MR) is 94.5 cm³/mol. The first kappa shape index (κ1) is 15.3. The van der Waals surface area contributed by atoms with Crippen molar-refractivity contribution in [2.24, 2.45) is 0 Å². The topological polar surface area (TPSA) is 101 Å². The van der Waals surface area contributed by atoms with Crippen LogP contribution in [0.3, 0.4) is 0 Å². The average Bonchev–Trinajstić information content (AvgIpc) is 2.95.